The summed E-state index contributed by atoms with van der Waals surface area (Å²) in [6.07, 6.45) is 4.29. The molecule has 2 saturated heterocycles. The van der Waals surface area contributed by atoms with Gasteiger partial charge in [-0.3, -0.25) is 9.89 Å². The summed E-state index contributed by atoms with van der Waals surface area (Å²) in [5, 5.41) is 17.6. The van der Waals surface area contributed by atoms with E-state index in [1.165, 1.54) is 24.0 Å². The number of hydrogen-bond acceptors (Lipinski definition) is 3. The van der Waals surface area contributed by atoms with Crippen molar-refractivity contribution in [3.63, 3.8) is 0 Å². The van der Waals surface area contributed by atoms with Crippen LogP contribution in [0.5, 0.6) is 0 Å². The van der Waals surface area contributed by atoms with Crippen molar-refractivity contribution in [3.8, 4) is 0 Å². The van der Waals surface area contributed by atoms with E-state index in [0.29, 0.717) is 24.7 Å². The highest BCUT2D eigenvalue weighted by Gasteiger charge is 2.40. The Kier molecular flexibility index (Phi) is 7.25. The number of aliphatic hydroxyl groups is 1. The lowest BCUT2D eigenvalue weighted by atomic mass is 9.96. The van der Waals surface area contributed by atoms with Crippen LogP contribution in [0.15, 0.2) is 59.6 Å². The average Bonchev–Trinajstić information content (AvgIpc) is 3.01. The van der Waals surface area contributed by atoms with E-state index in [9.17, 15) is 5.11 Å². The van der Waals surface area contributed by atoms with Crippen LogP contribution < -0.4 is 10.6 Å². The molecule has 3 atom stereocenters. The number of piperidine rings is 1. The lowest BCUT2D eigenvalue weighted by Crippen LogP contribution is -2.52. The number of nitrogens with zero attached hydrogens (tertiary/aromatic N) is 2. The van der Waals surface area contributed by atoms with Gasteiger partial charge in [0.25, 0.3) is 0 Å². The van der Waals surface area contributed by atoms with E-state index in [1.807, 2.05) is 24.3 Å². The molecule has 2 bridgehead atoms. The monoisotopic (exact) mass is 420 g/mol. The van der Waals surface area contributed by atoms with Gasteiger partial charge in [0.1, 0.15) is 0 Å². The third kappa shape index (κ3) is 5.66. The van der Waals surface area contributed by atoms with Crippen molar-refractivity contribution in [2.24, 2.45) is 4.99 Å². The minimum atomic E-state index is -0.583. The zero-order chi connectivity index (χ0) is 21.6. The van der Waals surface area contributed by atoms with Crippen LogP contribution in [0, 0.1) is 6.92 Å². The summed E-state index contributed by atoms with van der Waals surface area (Å²) in [6.45, 7) is 6.36. The lowest BCUT2D eigenvalue weighted by Gasteiger charge is -2.39. The SMILES string of the molecule is CCNC(=NCC(O)c1ccc(C)cc1)NC1CC2CCC(C1)N2Cc1ccccc1. The predicted octanol–water partition coefficient (Wildman–Crippen LogP) is 3.78. The smallest absolute Gasteiger partial charge is 0.191 e. The predicted molar refractivity (Wildman–Crippen MR) is 127 cm³/mol. The van der Waals surface area contributed by atoms with Gasteiger partial charge in [0.2, 0.25) is 0 Å². The largest absolute Gasteiger partial charge is 0.386 e. The fourth-order valence-corrected chi connectivity index (χ4v) is 5.03. The quantitative estimate of drug-likeness (QED) is 0.471. The molecule has 3 N–H and O–H groups in total. The number of aliphatic hydroxyl groups excluding tert-OH is 1. The highest BCUT2D eigenvalue weighted by molar-refractivity contribution is 5.80. The normalized spacial score (nSPS) is 24.7. The van der Waals surface area contributed by atoms with E-state index in [4.69, 9.17) is 4.99 Å². The molecule has 0 spiro atoms. The first-order valence-electron chi connectivity index (χ1n) is 11.7. The molecule has 2 aliphatic rings. The Labute approximate surface area is 186 Å². The second-order valence-electron chi connectivity index (χ2n) is 9.00. The van der Waals surface area contributed by atoms with Gasteiger partial charge in [0.05, 0.1) is 12.6 Å². The average molecular weight is 421 g/mol. The van der Waals surface area contributed by atoms with Crippen LogP contribution in [-0.2, 0) is 6.54 Å². The van der Waals surface area contributed by atoms with Crippen LogP contribution in [0.4, 0.5) is 0 Å². The van der Waals surface area contributed by atoms with Crippen LogP contribution in [0.25, 0.3) is 0 Å². The molecule has 0 aliphatic carbocycles. The van der Waals surface area contributed by atoms with E-state index >= 15 is 0 Å². The van der Waals surface area contributed by atoms with Gasteiger partial charge < -0.3 is 15.7 Å². The first-order chi connectivity index (χ1) is 15.1. The molecule has 5 nitrogen and oxygen atoms in total. The number of aryl methyl sites for hydroxylation is 1. The molecule has 0 aromatic heterocycles. The third-order valence-corrected chi connectivity index (χ3v) is 6.66. The Morgan fingerprint density at radius 2 is 1.74 bits per heavy atom. The van der Waals surface area contributed by atoms with Gasteiger partial charge in [0, 0.05) is 31.2 Å². The zero-order valence-corrected chi connectivity index (χ0v) is 18.8. The molecular formula is C26H36N4O. The maximum atomic E-state index is 10.5. The van der Waals surface area contributed by atoms with Gasteiger partial charge in [0.15, 0.2) is 5.96 Å². The Morgan fingerprint density at radius 3 is 2.39 bits per heavy atom. The maximum Gasteiger partial charge on any atom is 0.191 e. The maximum absolute atomic E-state index is 10.5. The number of fused-ring (bicyclic) bond motifs is 2. The third-order valence-electron chi connectivity index (χ3n) is 6.66. The summed E-state index contributed by atoms with van der Waals surface area (Å²) in [7, 11) is 0. The van der Waals surface area contributed by atoms with Crippen molar-refractivity contribution in [1.82, 2.24) is 15.5 Å². The molecule has 4 rings (SSSR count). The highest BCUT2D eigenvalue weighted by atomic mass is 16.3. The topological polar surface area (TPSA) is 59.9 Å². The van der Waals surface area contributed by atoms with Crippen molar-refractivity contribution in [2.45, 2.75) is 70.3 Å². The van der Waals surface area contributed by atoms with Crippen molar-refractivity contribution >= 4 is 5.96 Å². The molecule has 0 amide bonds. The molecule has 0 saturated carbocycles. The van der Waals surface area contributed by atoms with Gasteiger partial charge >= 0.3 is 0 Å². The van der Waals surface area contributed by atoms with Crippen molar-refractivity contribution in [1.29, 1.82) is 0 Å². The van der Waals surface area contributed by atoms with Gasteiger partial charge in [-0.2, -0.15) is 0 Å². The molecule has 31 heavy (non-hydrogen) atoms. The second-order valence-corrected chi connectivity index (χ2v) is 9.00. The van der Waals surface area contributed by atoms with E-state index in [2.05, 4.69) is 59.7 Å². The molecule has 3 unspecified atom stereocenters. The summed E-state index contributed by atoms with van der Waals surface area (Å²) >= 11 is 0. The van der Waals surface area contributed by atoms with Crippen molar-refractivity contribution < 1.29 is 5.11 Å². The Morgan fingerprint density at radius 1 is 1.06 bits per heavy atom. The zero-order valence-electron chi connectivity index (χ0n) is 18.8. The minimum absolute atomic E-state index is 0.359. The number of nitrogens with one attached hydrogen (secondary N) is 2. The van der Waals surface area contributed by atoms with Gasteiger partial charge in [-0.15, -0.1) is 0 Å². The fraction of sp³-hybridized carbons (Fsp3) is 0.500. The Hall–Kier alpha value is -2.37. The van der Waals surface area contributed by atoms with E-state index in [-0.39, 0.29) is 0 Å². The number of rotatable bonds is 7. The molecule has 5 heteroatoms. The Bertz CT molecular complexity index is 837. The summed E-state index contributed by atoms with van der Waals surface area (Å²) in [4.78, 5) is 7.40. The van der Waals surface area contributed by atoms with Crippen LogP contribution >= 0.6 is 0 Å². The highest BCUT2D eigenvalue weighted by Crippen LogP contribution is 2.36. The molecule has 2 fully saturated rings. The molecule has 2 aromatic rings. The summed E-state index contributed by atoms with van der Waals surface area (Å²) < 4.78 is 0. The van der Waals surface area contributed by atoms with E-state index < -0.39 is 6.10 Å². The molecule has 2 aliphatic heterocycles. The van der Waals surface area contributed by atoms with Gasteiger partial charge in [-0.05, 0) is 50.7 Å². The fourth-order valence-electron chi connectivity index (χ4n) is 5.03. The van der Waals surface area contributed by atoms with Gasteiger partial charge in [-0.25, -0.2) is 0 Å². The second kappa shape index (κ2) is 10.3. The molecule has 166 valence electrons. The Balaban J connectivity index is 1.34. The van der Waals surface area contributed by atoms with Crippen molar-refractivity contribution in [2.75, 3.05) is 13.1 Å². The number of hydrogen-bond donors (Lipinski definition) is 3. The first kappa shape index (κ1) is 21.8. The van der Waals surface area contributed by atoms with Gasteiger partial charge in [-0.1, -0.05) is 60.2 Å². The lowest BCUT2D eigenvalue weighted by molar-refractivity contribution is 0.114. The summed E-state index contributed by atoms with van der Waals surface area (Å²) in [6, 6.07) is 20.6. The molecule has 2 heterocycles. The van der Waals surface area contributed by atoms with E-state index in [1.54, 1.807) is 0 Å². The number of benzene rings is 2. The van der Waals surface area contributed by atoms with Crippen molar-refractivity contribution in [3.05, 3.63) is 71.3 Å². The first-order valence-corrected chi connectivity index (χ1v) is 11.7. The minimum Gasteiger partial charge on any atom is -0.386 e. The van der Waals surface area contributed by atoms with Crippen LogP contribution in [0.3, 0.4) is 0 Å². The molecular weight excluding hydrogens is 384 g/mol. The molecule has 2 aromatic carbocycles. The summed E-state index contributed by atoms with van der Waals surface area (Å²) in [5.41, 5.74) is 3.52. The van der Waals surface area contributed by atoms with Crippen LogP contribution in [-0.4, -0.2) is 47.2 Å². The number of guanidine groups is 1. The van der Waals surface area contributed by atoms with Crippen LogP contribution in [0.2, 0.25) is 0 Å². The summed E-state index contributed by atoms with van der Waals surface area (Å²) in [5.74, 6) is 0.814. The van der Waals surface area contributed by atoms with Crippen LogP contribution in [0.1, 0.15) is 55.4 Å². The standard InChI is InChI=1S/C26H36N4O/c1-3-27-26(28-17-25(31)21-11-9-19(2)10-12-21)29-22-15-23-13-14-24(16-22)30(23)18-20-7-5-4-6-8-20/h4-12,22-25,31H,3,13-18H2,1-2H3,(H2,27,28,29). The number of aliphatic imine (C=N–C) groups is 1. The van der Waals surface area contributed by atoms with E-state index in [0.717, 1.165) is 37.5 Å². The molecule has 0 radical (unpaired) electrons.